The largest absolute Gasteiger partial charge is 0.548 e. The minimum Gasteiger partial charge on any atom is -0.548 e. The van der Waals surface area contributed by atoms with Gasteiger partial charge in [0.05, 0.1) is 12.1 Å². The van der Waals surface area contributed by atoms with Gasteiger partial charge in [0.2, 0.25) is 0 Å². The van der Waals surface area contributed by atoms with Crippen molar-refractivity contribution in [2.75, 3.05) is 32.7 Å². The van der Waals surface area contributed by atoms with Gasteiger partial charge in [-0.1, -0.05) is 26.2 Å². The van der Waals surface area contributed by atoms with Crippen LogP contribution in [0.1, 0.15) is 51.9 Å². The summed E-state index contributed by atoms with van der Waals surface area (Å²) in [6.07, 6.45) is 9.24. The maximum atomic E-state index is 10.0. The van der Waals surface area contributed by atoms with E-state index in [0.29, 0.717) is 13.0 Å². The molecule has 0 amide bonds. The number of carboxylic acids is 1. The van der Waals surface area contributed by atoms with E-state index in [1.807, 2.05) is 0 Å². The maximum absolute atomic E-state index is 10.0. The Balaban J connectivity index is 0. The number of nitrogens with two attached hydrogens (primary N) is 2. The van der Waals surface area contributed by atoms with Crippen LogP contribution in [0.4, 0.5) is 0 Å². The molecule has 20 heavy (non-hydrogen) atoms. The molecular formula is C15H35N2O2P. The molecule has 0 saturated carbocycles. The second kappa shape index (κ2) is 13.8. The molecule has 0 aliphatic heterocycles. The van der Waals surface area contributed by atoms with Crippen molar-refractivity contribution in [2.24, 2.45) is 11.5 Å². The van der Waals surface area contributed by atoms with Crippen LogP contribution in [0.2, 0.25) is 0 Å². The predicted octanol–water partition coefficient (Wildman–Crippen LogP) is 1.67. The highest BCUT2D eigenvalue weighted by molar-refractivity contribution is 7.73. The lowest BCUT2D eigenvalue weighted by Crippen LogP contribution is -2.41. The molecule has 0 heterocycles. The number of unbranched alkanes of at least 4 members (excludes halogenated alkanes) is 4. The molecule has 0 aromatic rings. The van der Waals surface area contributed by atoms with Crippen molar-refractivity contribution in [1.82, 2.24) is 0 Å². The SMILES string of the molecule is CCCCCC[P+](C)(C)C.NCCCC[C@H](N)C(=O)[O-]. The minimum atomic E-state index is -1.18. The Morgan fingerprint density at radius 2 is 1.70 bits per heavy atom. The number of carbonyl (C=O) groups is 1. The third-order valence-corrected chi connectivity index (χ3v) is 4.61. The van der Waals surface area contributed by atoms with Crippen LogP contribution in [0.15, 0.2) is 0 Å². The zero-order chi connectivity index (χ0) is 16.0. The molecule has 0 bridgehead atoms. The predicted molar refractivity (Wildman–Crippen MR) is 89.6 cm³/mol. The number of aliphatic carboxylic acids is 1. The van der Waals surface area contributed by atoms with Crippen LogP contribution < -0.4 is 16.6 Å². The van der Waals surface area contributed by atoms with Gasteiger partial charge in [-0.05, 0) is 32.2 Å². The number of rotatable bonds is 10. The van der Waals surface area contributed by atoms with Crippen LogP contribution in [0.3, 0.4) is 0 Å². The standard InChI is InChI=1S/C9H22P.C6H14N2O2/c1-5-6-7-8-9-10(2,3)4;7-4-2-1-3-5(8)6(9)10/h5-9H2,1-4H3;5H,1-4,7-8H2,(H,9,10)/q+1;/p-1/t;5-/m.0/s1. The number of carbonyl (C=O) groups excluding carboxylic acids is 1. The van der Waals surface area contributed by atoms with Crippen molar-refractivity contribution in [1.29, 1.82) is 0 Å². The lowest BCUT2D eigenvalue weighted by molar-refractivity contribution is -0.307. The van der Waals surface area contributed by atoms with Gasteiger partial charge in [0, 0.05) is 33.3 Å². The molecule has 0 unspecified atom stereocenters. The van der Waals surface area contributed by atoms with Crippen LogP contribution in [-0.4, -0.2) is 44.7 Å². The monoisotopic (exact) mass is 306 g/mol. The highest BCUT2D eigenvalue weighted by Crippen LogP contribution is 2.47. The summed E-state index contributed by atoms with van der Waals surface area (Å²) in [5, 5.41) is 10.0. The van der Waals surface area contributed by atoms with Crippen molar-refractivity contribution in [2.45, 2.75) is 57.9 Å². The van der Waals surface area contributed by atoms with Crippen LogP contribution in [0.25, 0.3) is 0 Å². The van der Waals surface area contributed by atoms with Gasteiger partial charge >= 0.3 is 0 Å². The van der Waals surface area contributed by atoms with E-state index in [-0.39, 0.29) is 0 Å². The fourth-order valence-corrected chi connectivity index (χ4v) is 2.81. The molecular weight excluding hydrogens is 271 g/mol. The van der Waals surface area contributed by atoms with Crippen molar-refractivity contribution >= 4 is 13.2 Å². The second-order valence-corrected chi connectivity index (χ2v) is 11.3. The molecule has 0 fully saturated rings. The van der Waals surface area contributed by atoms with Gasteiger partial charge in [-0.15, -0.1) is 0 Å². The van der Waals surface area contributed by atoms with Gasteiger partial charge in [0.1, 0.15) is 0 Å². The Labute approximate surface area is 126 Å². The zero-order valence-electron chi connectivity index (χ0n) is 13.9. The highest BCUT2D eigenvalue weighted by atomic mass is 31.2. The smallest absolute Gasteiger partial charge is 0.0586 e. The maximum Gasteiger partial charge on any atom is 0.0586 e. The Morgan fingerprint density at radius 1 is 1.10 bits per heavy atom. The summed E-state index contributed by atoms with van der Waals surface area (Å²) in [7, 11) is -0.456. The van der Waals surface area contributed by atoms with E-state index in [0.717, 1.165) is 12.8 Å². The third kappa shape index (κ3) is 20.1. The molecule has 0 aliphatic carbocycles. The molecule has 122 valence electrons. The number of hydrogen-bond acceptors (Lipinski definition) is 4. The Kier molecular flexibility index (Phi) is 15.2. The summed E-state index contributed by atoms with van der Waals surface area (Å²) in [6, 6.07) is -0.827. The second-order valence-electron chi connectivity index (χ2n) is 6.28. The molecule has 0 aliphatic rings. The third-order valence-electron chi connectivity index (χ3n) is 2.95. The quantitative estimate of drug-likeness (QED) is 0.474. The first-order valence-corrected chi connectivity index (χ1v) is 11.0. The number of hydrogen-bond donors (Lipinski definition) is 2. The van der Waals surface area contributed by atoms with Gasteiger partial charge in [-0.3, -0.25) is 0 Å². The van der Waals surface area contributed by atoms with Gasteiger partial charge in [-0.25, -0.2) is 0 Å². The molecule has 5 heteroatoms. The van der Waals surface area contributed by atoms with E-state index in [9.17, 15) is 9.90 Å². The van der Waals surface area contributed by atoms with E-state index in [1.54, 1.807) is 0 Å². The lowest BCUT2D eigenvalue weighted by atomic mass is 10.1. The van der Waals surface area contributed by atoms with Gasteiger partial charge in [-0.2, -0.15) is 0 Å². The van der Waals surface area contributed by atoms with Crippen LogP contribution >= 0.6 is 7.26 Å². The average molecular weight is 306 g/mol. The number of carboxylic acid groups (broad SMARTS) is 1. The summed E-state index contributed by atoms with van der Waals surface area (Å²) >= 11 is 0. The lowest BCUT2D eigenvalue weighted by Gasteiger charge is -2.10. The van der Waals surface area contributed by atoms with Crippen LogP contribution in [-0.2, 0) is 4.79 Å². The molecule has 0 aromatic carbocycles. The topological polar surface area (TPSA) is 92.2 Å². The molecule has 0 aromatic heterocycles. The zero-order valence-corrected chi connectivity index (χ0v) is 14.8. The normalized spacial score (nSPS) is 12.5. The summed E-state index contributed by atoms with van der Waals surface area (Å²) in [5.41, 5.74) is 10.3. The van der Waals surface area contributed by atoms with Gasteiger partial charge in [0.25, 0.3) is 0 Å². The summed E-state index contributed by atoms with van der Waals surface area (Å²) in [6.45, 7) is 10.1. The van der Waals surface area contributed by atoms with Crippen LogP contribution in [0, 0.1) is 0 Å². The Bertz CT molecular complexity index is 230. The fraction of sp³-hybridized carbons (Fsp3) is 0.933. The summed E-state index contributed by atoms with van der Waals surface area (Å²) in [5.74, 6) is -1.18. The molecule has 0 saturated heterocycles. The fourth-order valence-electron chi connectivity index (χ4n) is 1.64. The van der Waals surface area contributed by atoms with Crippen molar-refractivity contribution < 1.29 is 9.90 Å². The van der Waals surface area contributed by atoms with E-state index in [1.165, 1.54) is 31.8 Å². The van der Waals surface area contributed by atoms with E-state index in [4.69, 9.17) is 11.5 Å². The van der Waals surface area contributed by atoms with E-state index in [2.05, 4.69) is 26.9 Å². The summed E-state index contributed by atoms with van der Waals surface area (Å²) < 4.78 is 0. The molecule has 0 rings (SSSR count). The molecule has 1 atom stereocenters. The minimum absolute atomic E-state index is 0.456. The van der Waals surface area contributed by atoms with Gasteiger partial charge in [0.15, 0.2) is 0 Å². The highest BCUT2D eigenvalue weighted by Gasteiger charge is 2.14. The first kappa shape index (κ1) is 22.1. The Morgan fingerprint density at radius 3 is 2.10 bits per heavy atom. The van der Waals surface area contributed by atoms with Crippen molar-refractivity contribution in [3.05, 3.63) is 0 Å². The molecule has 0 radical (unpaired) electrons. The van der Waals surface area contributed by atoms with Crippen molar-refractivity contribution in [3.63, 3.8) is 0 Å². The molecule has 0 spiro atoms. The molecule has 4 N–H and O–H groups in total. The van der Waals surface area contributed by atoms with E-state index < -0.39 is 19.3 Å². The summed E-state index contributed by atoms with van der Waals surface area (Å²) in [4.78, 5) is 10.0. The van der Waals surface area contributed by atoms with Gasteiger partial charge < -0.3 is 21.4 Å². The Hall–Kier alpha value is -0.180. The van der Waals surface area contributed by atoms with E-state index >= 15 is 0 Å². The average Bonchev–Trinajstić information content (AvgIpc) is 2.34. The molecule has 4 nitrogen and oxygen atoms in total. The van der Waals surface area contributed by atoms with Crippen LogP contribution in [0.5, 0.6) is 0 Å². The first-order chi connectivity index (χ1) is 9.24. The van der Waals surface area contributed by atoms with Crippen molar-refractivity contribution in [3.8, 4) is 0 Å². The first-order valence-electron chi connectivity index (χ1n) is 7.71.